The maximum absolute atomic E-state index is 9.17. The molecule has 2 rings (SSSR count). The average molecular weight is 300 g/mol. The van der Waals surface area contributed by atoms with E-state index in [1.54, 1.807) is 0 Å². The fraction of sp³-hybridized carbons (Fsp3) is 0.769. The standard InChI is InChI=1S/C13H22ClN5O/c1-9(8-20)10(2)15-12-16-11(14)17-13(18-12)19-6-4-3-5-7-19/h9-10,20H,3-8H2,1-2H3,(H,15,16,17,18). The first-order valence-electron chi connectivity index (χ1n) is 7.14. The number of aliphatic hydroxyl groups excluding tert-OH is 1. The first-order chi connectivity index (χ1) is 9.60. The maximum atomic E-state index is 9.17. The predicted molar refractivity (Wildman–Crippen MR) is 80.2 cm³/mol. The topological polar surface area (TPSA) is 74.2 Å². The molecule has 0 amide bonds. The predicted octanol–water partition coefficient (Wildman–Crippen LogP) is 1.94. The number of aromatic nitrogens is 3. The molecule has 2 N–H and O–H groups in total. The van der Waals surface area contributed by atoms with Gasteiger partial charge in [-0.25, -0.2) is 0 Å². The summed E-state index contributed by atoms with van der Waals surface area (Å²) >= 11 is 5.99. The van der Waals surface area contributed by atoms with Gasteiger partial charge in [0.15, 0.2) is 0 Å². The van der Waals surface area contributed by atoms with Crippen molar-refractivity contribution in [1.82, 2.24) is 15.0 Å². The van der Waals surface area contributed by atoms with Crippen LogP contribution in [0.4, 0.5) is 11.9 Å². The Morgan fingerprint density at radius 3 is 2.55 bits per heavy atom. The molecule has 0 aromatic carbocycles. The monoisotopic (exact) mass is 299 g/mol. The minimum atomic E-state index is 0.0627. The second-order valence-electron chi connectivity index (χ2n) is 5.37. The van der Waals surface area contributed by atoms with Crippen molar-refractivity contribution < 1.29 is 5.11 Å². The Labute approximate surface area is 124 Å². The Kier molecular flexibility index (Phi) is 5.37. The smallest absolute Gasteiger partial charge is 0.231 e. The Morgan fingerprint density at radius 1 is 1.20 bits per heavy atom. The lowest BCUT2D eigenvalue weighted by Gasteiger charge is -2.27. The lowest BCUT2D eigenvalue weighted by atomic mass is 10.1. The molecule has 1 aromatic heterocycles. The highest BCUT2D eigenvalue weighted by molar-refractivity contribution is 6.28. The van der Waals surface area contributed by atoms with E-state index in [-0.39, 0.29) is 23.9 Å². The fourth-order valence-corrected chi connectivity index (χ4v) is 2.30. The second-order valence-corrected chi connectivity index (χ2v) is 5.71. The van der Waals surface area contributed by atoms with Crippen molar-refractivity contribution in [2.75, 3.05) is 29.9 Å². The molecule has 0 bridgehead atoms. The molecule has 1 aliphatic rings. The van der Waals surface area contributed by atoms with Crippen LogP contribution >= 0.6 is 11.6 Å². The quantitative estimate of drug-likeness (QED) is 0.865. The molecule has 7 heteroatoms. The van der Waals surface area contributed by atoms with Crippen LogP contribution < -0.4 is 10.2 Å². The zero-order valence-corrected chi connectivity index (χ0v) is 12.8. The van der Waals surface area contributed by atoms with Crippen molar-refractivity contribution in [2.45, 2.75) is 39.2 Å². The van der Waals surface area contributed by atoms with Crippen LogP contribution in [0.1, 0.15) is 33.1 Å². The molecule has 0 radical (unpaired) electrons. The van der Waals surface area contributed by atoms with Crippen LogP contribution in [-0.2, 0) is 0 Å². The largest absolute Gasteiger partial charge is 0.396 e. The molecule has 2 heterocycles. The lowest BCUT2D eigenvalue weighted by molar-refractivity contribution is 0.226. The number of hydrogen-bond donors (Lipinski definition) is 2. The van der Waals surface area contributed by atoms with Gasteiger partial charge >= 0.3 is 0 Å². The molecule has 2 unspecified atom stereocenters. The van der Waals surface area contributed by atoms with E-state index in [1.165, 1.54) is 6.42 Å². The highest BCUT2D eigenvalue weighted by atomic mass is 35.5. The zero-order valence-electron chi connectivity index (χ0n) is 12.0. The summed E-state index contributed by atoms with van der Waals surface area (Å²) in [7, 11) is 0. The Balaban J connectivity index is 2.11. The molecule has 6 nitrogen and oxygen atoms in total. The van der Waals surface area contributed by atoms with Crippen LogP contribution in [-0.4, -0.2) is 45.8 Å². The molecule has 0 aliphatic carbocycles. The van der Waals surface area contributed by atoms with Gasteiger partial charge in [0, 0.05) is 25.7 Å². The van der Waals surface area contributed by atoms with Gasteiger partial charge in [-0.2, -0.15) is 15.0 Å². The second kappa shape index (κ2) is 7.04. The van der Waals surface area contributed by atoms with E-state index >= 15 is 0 Å². The molecule has 1 fully saturated rings. The third kappa shape index (κ3) is 3.93. The van der Waals surface area contributed by atoms with Gasteiger partial charge in [-0.15, -0.1) is 0 Å². The van der Waals surface area contributed by atoms with E-state index in [0.29, 0.717) is 11.9 Å². The Hall–Kier alpha value is -1.14. The molecule has 2 atom stereocenters. The van der Waals surface area contributed by atoms with Crippen LogP contribution in [0.25, 0.3) is 0 Å². The van der Waals surface area contributed by atoms with Crippen molar-refractivity contribution in [2.24, 2.45) is 5.92 Å². The normalized spacial score (nSPS) is 18.7. The molecular weight excluding hydrogens is 278 g/mol. The first kappa shape index (κ1) is 15.3. The molecule has 1 aromatic rings. The van der Waals surface area contributed by atoms with E-state index in [0.717, 1.165) is 25.9 Å². The van der Waals surface area contributed by atoms with Crippen LogP contribution in [0, 0.1) is 5.92 Å². The van der Waals surface area contributed by atoms with Crippen LogP contribution in [0.15, 0.2) is 0 Å². The van der Waals surface area contributed by atoms with Crippen molar-refractivity contribution in [3.05, 3.63) is 5.28 Å². The minimum absolute atomic E-state index is 0.0627. The summed E-state index contributed by atoms with van der Waals surface area (Å²) in [5.74, 6) is 1.22. The number of hydrogen-bond acceptors (Lipinski definition) is 6. The maximum Gasteiger partial charge on any atom is 0.231 e. The van der Waals surface area contributed by atoms with Gasteiger partial charge < -0.3 is 15.3 Å². The summed E-state index contributed by atoms with van der Waals surface area (Å²) in [6, 6.07) is 0.0627. The van der Waals surface area contributed by atoms with Gasteiger partial charge in [0.05, 0.1) is 0 Å². The summed E-state index contributed by atoms with van der Waals surface area (Å²) in [4.78, 5) is 14.9. The van der Waals surface area contributed by atoms with Gasteiger partial charge in [-0.3, -0.25) is 0 Å². The Morgan fingerprint density at radius 2 is 1.90 bits per heavy atom. The summed E-state index contributed by atoms with van der Waals surface area (Å²) in [5.41, 5.74) is 0. The molecule has 0 saturated carbocycles. The van der Waals surface area contributed by atoms with Crippen LogP contribution in [0.5, 0.6) is 0 Å². The van der Waals surface area contributed by atoms with Gasteiger partial charge in [0.25, 0.3) is 0 Å². The molecular formula is C13H22ClN5O. The van der Waals surface area contributed by atoms with E-state index in [4.69, 9.17) is 16.7 Å². The summed E-state index contributed by atoms with van der Waals surface area (Å²) in [6.07, 6.45) is 3.57. The number of halogens is 1. The third-order valence-electron chi connectivity index (χ3n) is 3.73. The lowest BCUT2D eigenvalue weighted by Crippen LogP contribution is -2.32. The van der Waals surface area contributed by atoms with E-state index in [2.05, 4.69) is 25.2 Å². The molecule has 1 saturated heterocycles. The third-order valence-corrected chi connectivity index (χ3v) is 3.90. The van der Waals surface area contributed by atoms with Gasteiger partial charge in [0.2, 0.25) is 17.2 Å². The van der Waals surface area contributed by atoms with Crippen molar-refractivity contribution in [3.8, 4) is 0 Å². The molecule has 1 aliphatic heterocycles. The number of piperidine rings is 1. The SMILES string of the molecule is CC(CO)C(C)Nc1nc(Cl)nc(N2CCCCC2)n1. The van der Waals surface area contributed by atoms with Gasteiger partial charge in [0.1, 0.15) is 0 Å². The number of aliphatic hydroxyl groups is 1. The van der Waals surface area contributed by atoms with E-state index in [1.807, 2.05) is 13.8 Å². The zero-order chi connectivity index (χ0) is 14.5. The number of anilines is 2. The summed E-state index contributed by atoms with van der Waals surface area (Å²) in [6.45, 7) is 5.99. The summed E-state index contributed by atoms with van der Waals surface area (Å²) < 4.78 is 0. The van der Waals surface area contributed by atoms with Crippen LogP contribution in [0.2, 0.25) is 5.28 Å². The van der Waals surface area contributed by atoms with Crippen molar-refractivity contribution in [1.29, 1.82) is 0 Å². The average Bonchev–Trinajstić information content (AvgIpc) is 2.46. The van der Waals surface area contributed by atoms with Gasteiger partial charge in [-0.1, -0.05) is 6.92 Å². The highest BCUT2D eigenvalue weighted by Gasteiger charge is 2.17. The minimum Gasteiger partial charge on any atom is -0.396 e. The van der Waals surface area contributed by atoms with Crippen molar-refractivity contribution in [3.63, 3.8) is 0 Å². The van der Waals surface area contributed by atoms with Crippen LogP contribution in [0.3, 0.4) is 0 Å². The molecule has 20 heavy (non-hydrogen) atoms. The van der Waals surface area contributed by atoms with Crippen molar-refractivity contribution >= 4 is 23.5 Å². The summed E-state index contributed by atoms with van der Waals surface area (Å²) in [5, 5.41) is 12.5. The van der Waals surface area contributed by atoms with E-state index in [9.17, 15) is 0 Å². The first-order valence-corrected chi connectivity index (χ1v) is 7.52. The fourth-order valence-electron chi connectivity index (χ4n) is 2.14. The van der Waals surface area contributed by atoms with Gasteiger partial charge in [-0.05, 0) is 43.7 Å². The van der Waals surface area contributed by atoms with E-state index < -0.39 is 0 Å². The molecule has 0 spiro atoms. The Bertz CT molecular complexity index is 439. The number of rotatable bonds is 5. The number of nitrogens with one attached hydrogen (secondary N) is 1. The number of nitrogens with zero attached hydrogens (tertiary/aromatic N) is 4. The molecule has 112 valence electrons. The highest BCUT2D eigenvalue weighted by Crippen LogP contribution is 2.19.